The molecule has 1 atom stereocenters. The van der Waals surface area contributed by atoms with Crippen LogP contribution in [0.3, 0.4) is 0 Å². The number of anilines is 2. The maximum absolute atomic E-state index is 13.5. The Morgan fingerprint density at radius 2 is 1.74 bits per heavy atom. The highest BCUT2D eigenvalue weighted by atomic mass is 16.1. The molecule has 7 heteroatoms. The van der Waals surface area contributed by atoms with E-state index in [2.05, 4.69) is 33.8 Å². The zero-order valence-electron chi connectivity index (χ0n) is 19.0. The Hall–Kier alpha value is -4.78. The van der Waals surface area contributed by atoms with E-state index < -0.39 is 6.04 Å². The number of nitrogens with zero attached hydrogens (tertiary/aromatic N) is 4. The molecule has 35 heavy (non-hydrogen) atoms. The Balaban J connectivity index is 1.47. The van der Waals surface area contributed by atoms with E-state index in [1.54, 1.807) is 23.1 Å². The van der Waals surface area contributed by atoms with Gasteiger partial charge in [-0.05, 0) is 35.4 Å². The van der Waals surface area contributed by atoms with E-state index in [1.807, 2.05) is 67.6 Å². The highest BCUT2D eigenvalue weighted by Crippen LogP contribution is 2.37. The number of fused-ring (bicyclic) bond motifs is 2. The predicted octanol–water partition coefficient (Wildman–Crippen LogP) is 5.42. The molecule has 6 rings (SSSR count). The third kappa shape index (κ3) is 3.73. The Labute approximate surface area is 202 Å². The maximum Gasteiger partial charge on any atom is 0.255 e. The van der Waals surface area contributed by atoms with Crippen LogP contribution in [0.2, 0.25) is 0 Å². The van der Waals surface area contributed by atoms with E-state index in [4.69, 9.17) is 10.1 Å². The van der Waals surface area contributed by atoms with E-state index in [1.165, 1.54) is 0 Å². The maximum atomic E-state index is 13.5. The molecule has 5 aromatic rings. The molecule has 7 nitrogen and oxygen atoms in total. The van der Waals surface area contributed by atoms with Gasteiger partial charge in [-0.1, -0.05) is 72.8 Å². The molecule has 2 N–H and O–H groups in total. The van der Waals surface area contributed by atoms with E-state index in [0.29, 0.717) is 23.0 Å². The van der Waals surface area contributed by atoms with Crippen LogP contribution in [0.15, 0.2) is 109 Å². The molecule has 1 amide bonds. The van der Waals surface area contributed by atoms with Gasteiger partial charge in [-0.3, -0.25) is 9.78 Å². The molecule has 3 heterocycles. The molecule has 0 spiro atoms. The molecule has 0 fully saturated rings. The SMILES string of the molecule is CC1=C(C(=O)Nc2cccnc2)C(c2ccccc2)n2nc(-c3cccc4ccccc34)nc2N1. The fourth-order valence-corrected chi connectivity index (χ4v) is 4.56. The molecule has 1 unspecified atom stereocenters. The van der Waals surface area contributed by atoms with Gasteiger partial charge in [0.15, 0.2) is 5.82 Å². The van der Waals surface area contributed by atoms with Crippen LogP contribution in [0.25, 0.3) is 22.2 Å². The fraction of sp³-hybridized carbons (Fsp3) is 0.0714. The number of pyridine rings is 1. The van der Waals surface area contributed by atoms with Crippen molar-refractivity contribution in [1.82, 2.24) is 19.7 Å². The number of amides is 1. The summed E-state index contributed by atoms with van der Waals surface area (Å²) in [7, 11) is 0. The summed E-state index contributed by atoms with van der Waals surface area (Å²) in [5, 5.41) is 13.4. The minimum absolute atomic E-state index is 0.218. The van der Waals surface area contributed by atoms with Crippen LogP contribution < -0.4 is 10.6 Å². The molecule has 0 saturated heterocycles. The van der Waals surface area contributed by atoms with Gasteiger partial charge in [0.05, 0.1) is 17.5 Å². The van der Waals surface area contributed by atoms with Gasteiger partial charge < -0.3 is 10.6 Å². The summed E-state index contributed by atoms with van der Waals surface area (Å²) in [6.45, 7) is 1.89. The Morgan fingerprint density at radius 3 is 2.57 bits per heavy atom. The average molecular weight is 459 g/mol. The summed E-state index contributed by atoms with van der Waals surface area (Å²) >= 11 is 0. The topological polar surface area (TPSA) is 84.7 Å². The predicted molar refractivity (Wildman–Crippen MR) is 137 cm³/mol. The normalized spacial score (nSPS) is 14.9. The molecule has 0 radical (unpaired) electrons. The zero-order chi connectivity index (χ0) is 23.8. The second-order valence-corrected chi connectivity index (χ2v) is 8.40. The largest absolute Gasteiger partial charge is 0.328 e. The molecule has 0 saturated carbocycles. The first-order valence-corrected chi connectivity index (χ1v) is 11.4. The molecule has 2 aromatic heterocycles. The number of carbonyl (C=O) groups is 1. The number of hydrogen-bond acceptors (Lipinski definition) is 5. The number of allylic oxidation sites excluding steroid dienone is 1. The van der Waals surface area contributed by atoms with Gasteiger partial charge in [-0.15, -0.1) is 5.10 Å². The average Bonchev–Trinajstić information content (AvgIpc) is 3.32. The first-order chi connectivity index (χ1) is 17.2. The van der Waals surface area contributed by atoms with Crippen LogP contribution in [-0.2, 0) is 4.79 Å². The molecule has 3 aromatic carbocycles. The number of carbonyl (C=O) groups excluding carboxylic acids is 1. The molecule has 0 bridgehead atoms. The minimum Gasteiger partial charge on any atom is -0.328 e. The third-order valence-corrected chi connectivity index (χ3v) is 6.16. The lowest BCUT2D eigenvalue weighted by atomic mass is 9.95. The lowest BCUT2D eigenvalue weighted by Crippen LogP contribution is -2.31. The Bertz CT molecular complexity index is 1570. The minimum atomic E-state index is -0.444. The highest BCUT2D eigenvalue weighted by Gasteiger charge is 2.34. The second kappa shape index (κ2) is 8.53. The van der Waals surface area contributed by atoms with Gasteiger partial charge in [0.2, 0.25) is 5.95 Å². The van der Waals surface area contributed by atoms with Crippen molar-refractivity contribution in [2.24, 2.45) is 0 Å². The van der Waals surface area contributed by atoms with Crippen molar-refractivity contribution >= 4 is 28.3 Å². The summed E-state index contributed by atoms with van der Waals surface area (Å²) < 4.78 is 1.80. The lowest BCUT2D eigenvalue weighted by molar-refractivity contribution is -0.113. The first kappa shape index (κ1) is 20.8. The summed E-state index contributed by atoms with van der Waals surface area (Å²) in [6, 6.07) is 27.3. The highest BCUT2D eigenvalue weighted by molar-refractivity contribution is 6.06. The lowest BCUT2D eigenvalue weighted by Gasteiger charge is -2.28. The van der Waals surface area contributed by atoms with Crippen LogP contribution in [0.1, 0.15) is 18.5 Å². The summed E-state index contributed by atoms with van der Waals surface area (Å²) in [4.78, 5) is 22.5. The van der Waals surface area contributed by atoms with Crippen LogP contribution in [0.4, 0.5) is 11.6 Å². The smallest absolute Gasteiger partial charge is 0.255 e. The first-order valence-electron chi connectivity index (χ1n) is 11.4. The summed E-state index contributed by atoms with van der Waals surface area (Å²) in [6.07, 6.45) is 3.30. The zero-order valence-corrected chi connectivity index (χ0v) is 19.0. The van der Waals surface area contributed by atoms with Crippen LogP contribution in [-0.4, -0.2) is 25.7 Å². The van der Waals surface area contributed by atoms with Crippen molar-refractivity contribution in [1.29, 1.82) is 0 Å². The molecular weight excluding hydrogens is 436 g/mol. The van der Waals surface area contributed by atoms with Crippen molar-refractivity contribution in [3.63, 3.8) is 0 Å². The quantitative estimate of drug-likeness (QED) is 0.376. The standard InChI is InChI=1S/C28H22N6O/c1-18-24(27(35)31-21-13-8-16-29-17-21)25(20-10-3-2-4-11-20)34-28(30-18)32-26(33-34)23-15-7-12-19-9-5-6-14-22(19)23/h2-17,25H,1H3,(H,31,35)(H,30,32,33). The monoisotopic (exact) mass is 458 g/mol. The van der Waals surface area contributed by atoms with Crippen molar-refractivity contribution in [3.8, 4) is 11.4 Å². The summed E-state index contributed by atoms with van der Waals surface area (Å²) in [5.41, 5.74) is 3.81. The number of rotatable bonds is 4. The number of nitrogens with one attached hydrogen (secondary N) is 2. The van der Waals surface area contributed by atoms with Gasteiger partial charge in [0, 0.05) is 17.5 Å². The van der Waals surface area contributed by atoms with E-state index >= 15 is 0 Å². The van der Waals surface area contributed by atoms with Gasteiger partial charge >= 0.3 is 0 Å². The van der Waals surface area contributed by atoms with Gasteiger partial charge in [0.25, 0.3) is 5.91 Å². The Kier molecular flexibility index (Phi) is 5.07. The van der Waals surface area contributed by atoms with Crippen LogP contribution in [0.5, 0.6) is 0 Å². The number of hydrogen-bond donors (Lipinski definition) is 2. The second-order valence-electron chi connectivity index (χ2n) is 8.40. The van der Waals surface area contributed by atoms with Crippen molar-refractivity contribution in [3.05, 3.63) is 114 Å². The van der Waals surface area contributed by atoms with Gasteiger partial charge in [-0.25, -0.2) is 4.68 Å². The Morgan fingerprint density at radius 1 is 0.943 bits per heavy atom. The number of aromatic nitrogens is 4. The third-order valence-electron chi connectivity index (χ3n) is 6.16. The molecular formula is C28H22N6O. The van der Waals surface area contributed by atoms with E-state index in [9.17, 15) is 4.79 Å². The molecule has 1 aliphatic rings. The molecule has 170 valence electrons. The van der Waals surface area contributed by atoms with Gasteiger partial charge in [-0.2, -0.15) is 4.98 Å². The van der Waals surface area contributed by atoms with E-state index in [-0.39, 0.29) is 5.91 Å². The summed E-state index contributed by atoms with van der Waals surface area (Å²) in [5.74, 6) is 0.980. The van der Waals surface area contributed by atoms with Crippen molar-refractivity contribution in [2.75, 3.05) is 10.6 Å². The van der Waals surface area contributed by atoms with Gasteiger partial charge in [0.1, 0.15) is 6.04 Å². The molecule has 0 aliphatic carbocycles. The van der Waals surface area contributed by atoms with Crippen LogP contribution in [0, 0.1) is 0 Å². The van der Waals surface area contributed by atoms with Crippen LogP contribution >= 0.6 is 0 Å². The number of benzene rings is 3. The van der Waals surface area contributed by atoms with Crippen molar-refractivity contribution in [2.45, 2.75) is 13.0 Å². The fourth-order valence-electron chi connectivity index (χ4n) is 4.56. The van der Waals surface area contributed by atoms with E-state index in [0.717, 1.165) is 27.6 Å². The van der Waals surface area contributed by atoms with Crippen molar-refractivity contribution < 1.29 is 4.79 Å². The molecule has 1 aliphatic heterocycles.